The molecular formula is C16H27N3O2. The maximum absolute atomic E-state index is 8.74. The minimum atomic E-state index is -0.278. The number of amidine groups is 1. The van der Waals surface area contributed by atoms with E-state index >= 15 is 0 Å². The van der Waals surface area contributed by atoms with Gasteiger partial charge in [-0.2, -0.15) is 0 Å². The lowest BCUT2D eigenvalue weighted by Gasteiger charge is -2.23. The molecule has 1 rings (SSSR count). The van der Waals surface area contributed by atoms with Crippen molar-refractivity contribution in [2.75, 3.05) is 13.7 Å². The zero-order chi connectivity index (χ0) is 15.9. The van der Waals surface area contributed by atoms with Crippen LogP contribution in [0.1, 0.15) is 45.2 Å². The summed E-state index contributed by atoms with van der Waals surface area (Å²) in [6.07, 6.45) is 1.83. The number of hydrogen-bond acceptors (Lipinski definition) is 4. The third-order valence-electron chi connectivity index (χ3n) is 3.85. The monoisotopic (exact) mass is 293 g/mol. The number of ether oxygens (including phenoxy) is 1. The zero-order valence-electron chi connectivity index (χ0n) is 13.4. The highest BCUT2D eigenvalue weighted by molar-refractivity contribution is 5.85. The quantitative estimate of drug-likeness (QED) is 0.226. The van der Waals surface area contributed by atoms with Gasteiger partial charge in [-0.05, 0) is 44.0 Å². The van der Waals surface area contributed by atoms with E-state index in [0.717, 1.165) is 25.1 Å². The first-order valence-electron chi connectivity index (χ1n) is 7.26. The molecule has 5 nitrogen and oxygen atoms in total. The first-order chi connectivity index (χ1) is 9.90. The minimum absolute atomic E-state index is 0.278. The van der Waals surface area contributed by atoms with Gasteiger partial charge in [-0.25, -0.2) is 0 Å². The van der Waals surface area contributed by atoms with Crippen molar-refractivity contribution in [1.29, 1.82) is 0 Å². The summed E-state index contributed by atoms with van der Waals surface area (Å²) in [4.78, 5) is 0. The molecule has 0 spiro atoms. The topological polar surface area (TPSA) is 79.9 Å². The molecule has 21 heavy (non-hydrogen) atoms. The van der Waals surface area contributed by atoms with E-state index in [0.29, 0.717) is 0 Å². The summed E-state index contributed by atoms with van der Waals surface area (Å²) in [7, 11) is 1.67. The number of nitrogens with two attached hydrogens (primary N) is 1. The van der Waals surface area contributed by atoms with Gasteiger partial charge in [0, 0.05) is 11.5 Å². The lowest BCUT2D eigenvalue weighted by Crippen LogP contribution is -2.32. The van der Waals surface area contributed by atoms with Crippen molar-refractivity contribution in [3.05, 3.63) is 29.8 Å². The van der Waals surface area contributed by atoms with Gasteiger partial charge in [0.2, 0.25) is 0 Å². The number of hydrogen-bond donors (Lipinski definition) is 3. The highest BCUT2D eigenvalue weighted by atomic mass is 16.5. The Labute approximate surface area is 127 Å². The summed E-state index contributed by atoms with van der Waals surface area (Å²) < 4.78 is 5.15. The van der Waals surface area contributed by atoms with Crippen molar-refractivity contribution < 1.29 is 9.94 Å². The summed E-state index contributed by atoms with van der Waals surface area (Å²) >= 11 is 0. The highest BCUT2D eigenvalue weighted by Gasteiger charge is 2.22. The molecule has 0 fully saturated rings. The van der Waals surface area contributed by atoms with Crippen molar-refractivity contribution in [2.24, 2.45) is 16.3 Å². The molecule has 0 aliphatic carbocycles. The molecule has 0 radical (unpaired) electrons. The van der Waals surface area contributed by atoms with Crippen LogP contribution in [0, 0.1) is 5.41 Å². The normalized spacial score (nSPS) is 14.0. The van der Waals surface area contributed by atoms with Gasteiger partial charge in [0.05, 0.1) is 7.11 Å². The summed E-state index contributed by atoms with van der Waals surface area (Å²) in [5.41, 5.74) is 6.63. The molecule has 0 aliphatic heterocycles. The molecule has 1 aromatic rings. The van der Waals surface area contributed by atoms with Crippen molar-refractivity contribution in [3.8, 4) is 5.75 Å². The van der Waals surface area contributed by atoms with Crippen LogP contribution >= 0.6 is 0 Å². The fraction of sp³-hybridized carbons (Fsp3) is 0.562. The summed E-state index contributed by atoms with van der Waals surface area (Å²) in [6.45, 7) is 6.98. The lowest BCUT2D eigenvalue weighted by atomic mass is 9.86. The molecule has 4 N–H and O–H groups in total. The second kappa shape index (κ2) is 7.88. The molecule has 0 amide bonds. The average molecular weight is 293 g/mol. The van der Waals surface area contributed by atoms with Crippen molar-refractivity contribution in [3.63, 3.8) is 0 Å². The lowest BCUT2D eigenvalue weighted by molar-refractivity contribution is 0.304. The van der Waals surface area contributed by atoms with Crippen molar-refractivity contribution in [1.82, 2.24) is 5.32 Å². The largest absolute Gasteiger partial charge is 0.497 e. The van der Waals surface area contributed by atoms with Gasteiger partial charge in [0.1, 0.15) is 11.6 Å². The Hall–Kier alpha value is -1.75. The summed E-state index contributed by atoms with van der Waals surface area (Å²) in [5, 5.41) is 15.3. The number of nitrogens with one attached hydrogen (secondary N) is 1. The van der Waals surface area contributed by atoms with Crippen LogP contribution in [-0.2, 0) is 0 Å². The Kier molecular flexibility index (Phi) is 6.49. The van der Waals surface area contributed by atoms with Crippen LogP contribution in [0.4, 0.5) is 0 Å². The van der Waals surface area contributed by atoms with E-state index in [4.69, 9.17) is 15.7 Å². The molecule has 5 heteroatoms. The number of benzene rings is 1. The first kappa shape index (κ1) is 17.3. The first-order valence-corrected chi connectivity index (χ1v) is 7.26. The van der Waals surface area contributed by atoms with Crippen LogP contribution < -0.4 is 15.8 Å². The molecule has 0 heterocycles. The Balaban J connectivity index is 2.38. The molecule has 1 unspecified atom stereocenters. The Morgan fingerprint density at radius 2 is 2.00 bits per heavy atom. The maximum atomic E-state index is 8.74. The predicted octanol–water partition coefficient (Wildman–Crippen LogP) is 2.90. The van der Waals surface area contributed by atoms with Gasteiger partial charge in [-0.3, -0.25) is 0 Å². The second-order valence-electron chi connectivity index (χ2n) is 5.92. The molecule has 0 saturated heterocycles. The number of nitrogens with zero attached hydrogens (tertiary/aromatic N) is 1. The van der Waals surface area contributed by atoms with Crippen LogP contribution in [0.3, 0.4) is 0 Å². The van der Waals surface area contributed by atoms with Crippen molar-refractivity contribution in [2.45, 2.75) is 39.7 Å². The zero-order valence-corrected chi connectivity index (χ0v) is 13.4. The Morgan fingerprint density at radius 3 is 2.52 bits per heavy atom. The smallest absolute Gasteiger partial charge is 0.144 e. The highest BCUT2D eigenvalue weighted by Crippen LogP contribution is 2.22. The van der Waals surface area contributed by atoms with Crippen LogP contribution in [0.2, 0.25) is 0 Å². The van der Waals surface area contributed by atoms with E-state index in [1.54, 1.807) is 7.11 Å². The van der Waals surface area contributed by atoms with Gasteiger partial charge >= 0.3 is 0 Å². The van der Waals surface area contributed by atoms with E-state index in [1.807, 2.05) is 26.0 Å². The van der Waals surface area contributed by atoms with E-state index in [-0.39, 0.29) is 17.3 Å². The number of rotatable bonds is 8. The molecular weight excluding hydrogens is 266 g/mol. The molecule has 0 bridgehead atoms. The van der Waals surface area contributed by atoms with Crippen LogP contribution in [0.15, 0.2) is 29.4 Å². The average Bonchev–Trinajstić information content (AvgIpc) is 2.50. The van der Waals surface area contributed by atoms with Gasteiger partial charge in [-0.1, -0.05) is 31.1 Å². The van der Waals surface area contributed by atoms with Gasteiger partial charge in [0.15, 0.2) is 0 Å². The third-order valence-corrected chi connectivity index (χ3v) is 3.85. The standard InChI is InChI=1S/C16H27N3O2/c1-12(13-6-8-14(21-4)9-7-13)18-11-5-10-16(2,3)15(17)19-20/h6-9,12,18,20H,5,10-11H2,1-4H3,(H2,17,19). The summed E-state index contributed by atoms with van der Waals surface area (Å²) in [6, 6.07) is 8.35. The predicted molar refractivity (Wildman–Crippen MR) is 85.8 cm³/mol. The SMILES string of the molecule is COc1ccc(C(C)NCCCC(C)(C)C(N)=NO)cc1. The van der Waals surface area contributed by atoms with Gasteiger partial charge in [0.25, 0.3) is 0 Å². The Morgan fingerprint density at radius 1 is 1.38 bits per heavy atom. The minimum Gasteiger partial charge on any atom is -0.497 e. The molecule has 1 aromatic carbocycles. The van der Waals surface area contributed by atoms with Crippen LogP contribution in [0.25, 0.3) is 0 Å². The number of oxime groups is 1. The Bertz CT molecular complexity index is 455. The maximum Gasteiger partial charge on any atom is 0.144 e. The fourth-order valence-corrected chi connectivity index (χ4v) is 2.12. The fourth-order valence-electron chi connectivity index (χ4n) is 2.12. The van der Waals surface area contributed by atoms with E-state index < -0.39 is 0 Å². The number of methoxy groups -OCH3 is 1. The van der Waals surface area contributed by atoms with E-state index in [2.05, 4.69) is 29.5 Å². The second-order valence-corrected chi connectivity index (χ2v) is 5.92. The molecule has 118 valence electrons. The summed E-state index contributed by atoms with van der Waals surface area (Å²) in [5.74, 6) is 1.15. The molecule has 1 atom stereocenters. The third kappa shape index (κ3) is 5.27. The van der Waals surface area contributed by atoms with Gasteiger partial charge < -0.3 is 21.0 Å². The molecule has 0 aromatic heterocycles. The molecule has 0 saturated carbocycles. The van der Waals surface area contributed by atoms with E-state index in [1.165, 1.54) is 5.56 Å². The van der Waals surface area contributed by atoms with Gasteiger partial charge in [-0.15, -0.1) is 0 Å². The van der Waals surface area contributed by atoms with E-state index in [9.17, 15) is 0 Å². The van der Waals surface area contributed by atoms with Crippen LogP contribution in [-0.4, -0.2) is 24.7 Å². The van der Waals surface area contributed by atoms with Crippen molar-refractivity contribution >= 4 is 5.84 Å². The van der Waals surface area contributed by atoms with Crippen LogP contribution in [0.5, 0.6) is 5.75 Å². The molecule has 0 aliphatic rings.